The van der Waals surface area contributed by atoms with E-state index in [-0.39, 0.29) is 17.2 Å². The van der Waals surface area contributed by atoms with E-state index in [2.05, 4.69) is 14.9 Å². The highest BCUT2D eigenvalue weighted by atomic mass is 32.1. The maximum absolute atomic E-state index is 14.4. The average Bonchev–Trinajstić information content (AvgIpc) is 3.35. The molecule has 4 aromatic rings. The zero-order chi connectivity index (χ0) is 23.3. The van der Waals surface area contributed by atoms with Crippen molar-refractivity contribution in [1.82, 2.24) is 14.9 Å². The van der Waals surface area contributed by atoms with Crippen LogP contribution in [-0.2, 0) is 4.74 Å². The highest BCUT2D eigenvalue weighted by Crippen LogP contribution is 2.34. The van der Waals surface area contributed by atoms with Crippen LogP contribution in [0.25, 0.3) is 21.6 Å². The molecule has 0 bridgehead atoms. The molecule has 2 aromatic heterocycles. The van der Waals surface area contributed by atoms with Crippen molar-refractivity contribution in [2.24, 2.45) is 0 Å². The number of benzene rings is 2. The third-order valence-corrected chi connectivity index (χ3v) is 6.32. The molecule has 1 aliphatic heterocycles. The maximum atomic E-state index is 14.4. The second-order valence-corrected chi connectivity index (χ2v) is 8.59. The SMILES string of the molecule is N#Cc1ccc(Oc2nc(-c3ccc(OCCN4CCOCC4)cc3)nc3ccsc23)c(F)c1. The fourth-order valence-corrected chi connectivity index (χ4v) is 4.37. The van der Waals surface area contributed by atoms with E-state index in [0.717, 1.165) is 54.9 Å². The average molecular weight is 477 g/mol. The quantitative estimate of drug-likeness (QED) is 0.376. The van der Waals surface area contributed by atoms with Crippen LogP contribution in [0.2, 0.25) is 0 Å². The molecular weight excluding hydrogens is 455 g/mol. The van der Waals surface area contributed by atoms with Crippen LogP contribution in [0.4, 0.5) is 4.39 Å². The fourth-order valence-electron chi connectivity index (χ4n) is 3.61. The summed E-state index contributed by atoms with van der Waals surface area (Å²) in [7, 11) is 0. The molecule has 0 saturated carbocycles. The molecule has 1 aliphatic rings. The zero-order valence-corrected chi connectivity index (χ0v) is 19.1. The number of aromatic nitrogens is 2. The summed E-state index contributed by atoms with van der Waals surface area (Å²) in [6.45, 7) is 4.86. The smallest absolute Gasteiger partial charge is 0.241 e. The number of hydrogen-bond donors (Lipinski definition) is 0. The third kappa shape index (κ3) is 4.99. The summed E-state index contributed by atoms with van der Waals surface area (Å²) in [6.07, 6.45) is 0. The standard InChI is InChI=1S/C25H21FN4O3S/c26-20-15-17(16-27)1-6-22(20)33-25-23-21(7-14-34-23)28-24(29-25)18-2-4-19(5-3-18)32-13-10-30-8-11-31-12-9-30/h1-7,14-15H,8-13H2. The lowest BCUT2D eigenvalue weighted by atomic mass is 10.2. The number of rotatable bonds is 7. The Morgan fingerprint density at radius 1 is 1.09 bits per heavy atom. The minimum absolute atomic E-state index is 0.00219. The number of halogens is 1. The van der Waals surface area contributed by atoms with Crippen molar-refractivity contribution >= 4 is 21.6 Å². The van der Waals surface area contributed by atoms with E-state index in [0.29, 0.717) is 17.9 Å². The summed E-state index contributed by atoms with van der Waals surface area (Å²) in [5.41, 5.74) is 1.73. The minimum atomic E-state index is -0.623. The van der Waals surface area contributed by atoms with Gasteiger partial charge >= 0.3 is 0 Å². The van der Waals surface area contributed by atoms with E-state index in [9.17, 15) is 4.39 Å². The molecule has 1 saturated heterocycles. The highest BCUT2D eigenvalue weighted by molar-refractivity contribution is 7.17. The van der Waals surface area contributed by atoms with Crippen molar-refractivity contribution in [1.29, 1.82) is 5.26 Å². The molecule has 7 nitrogen and oxygen atoms in total. The molecule has 34 heavy (non-hydrogen) atoms. The lowest BCUT2D eigenvalue weighted by molar-refractivity contribution is 0.0322. The second kappa shape index (κ2) is 10.1. The summed E-state index contributed by atoms with van der Waals surface area (Å²) >= 11 is 1.42. The van der Waals surface area contributed by atoms with Gasteiger partial charge < -0.3 is 14.2 Å². The number of thiophene rings is 1. The van der Waals surface area contributed by atoms with E-state index in [1.165, 1.54) is 23.5 Å². The molecule has 9 heteroatoms. The molecule has 5 rings (SSSR count). The van der Waals surface area contributed by atoms with Crippen molar-refractivity contribution in [3.63, 3.8) is 0 Å². The van der Waals surface area contributed by atoms with E-state index in [1.807, 2.05) is 41.8 Å². The van der Waals surface area contributed by atoms with E-state index < -0.39 is 5.82 Å². The Labute approximate surface area is 200 Å². The van der Waals surface area contributed by atoms with Gasteiger partial charge in [-0.25, -0.2) is 9.37 Å². The van der Waals surface area contributed by atoms with Gasteiger partial charge in [0.15, 0.2) is 17.4 Å². The molecule has 0 atom stereocenters. The Morgan fingerprint density at radius 2 is 1.91 bits per heavy atom. The van der Waals surface area contributed by atoms with Gasteiger partial charge in [-0.2, -0.15) is 10.2 Å². The Bertz CT molecular complexity index is 1330. The van der Waals surface area contributed by atoms with Crippen LogP contribution >= 0.6 is 11.3 Å². The first-order valence-corrected chi connectivity index (χ1v) is 11.7. The van der Waals surface area contributed by atoms with Crippen LogP contribution in [0.1, 0.15) is 5.56 Å². The summed E-state index contributed by atoms with van der Waals surface area (Å²) in [4.78, 5) is 11.5. The topological polar surface area (TPSA) is 80.5 Å². The Kier molecular flexibility index (Phi) is 6.62. The first-order valence-electron chi connectivity index (χ1n) is 10.9. The van der Waals surface area contributed by atoms with Gasteiger partial charge in [-0.1, -0.05) is 0 Å². The lowest BCUT2D eigenvalue weighted by Crippen LogP contribution is -2.38. The minimum Gasteiger partial charge on any atom is -0.492 e. The Hall–Kier alpha value is -3.58. The van der Waals surface area contributed by atoms with E-state index >= 15 is 0 Å². The van der Waals surface area contributed by atoms with Gasteiger partial charge in [-0.15, -0.1) is 11.3 Å². The number of nitriles is 1. The summed E-state index contributed by atoms with van der Waals surface area (Å²) in [5.74, 6) is 0.883. The summed E-state index contributed by atoms with van der Waals surface area (Å²) in [6, 6.07) is 15.4. The molecule has 0 radical (unpaired) electrons. The molecule has 0 aliphatic carbocycles. The molecule has 0 N–H and O–H groups in total. The van der Waals surface area contributed by atoms with Crippen LogP contribution in [0.3, 0.4) is 0 Å². The van der Waals surface area contributed by atoms with Crippen LogP contribution in [-0.4, -0.2) is 54.3 Å². The third-order valence-electron chi connectivity index (χ3n) is 5.43. The predicted octanol–water partition coefficient (Wildman–Crippen LogP) is 4.87. The maximum Gasteiger partial charge on any atom is 0.241 e. The van der Waals surface area contributed by atoms with Gasteiger partial charge in [0, 0.05) is 25.2 Å². The first kappa shape index (κ1) is 22.2. The van der Waals surface area contributed by atoms with Crippen molar-refractivity contribution in [3.05, 3.63) is 65.3 Å². The molecule has 2 aromatic carbocycles. The van der Waals surface area contributed by atoms with Gasteiger partial charge in [0.1, 0.15) is 17.1 Å². The molecule has 0 amide bonds. The number of hydrogen-bond acceptors (Lipinski definition) is 8. The van der Waals surface area contributed by atoms with Crippen LogP contribution in [0.5, 0.6) is 17.4 Å². The lowest BCUT2D eigenvalue weighted by Gasteiger charge is -2.26. The first-order chi connectivity index (χ1) is 16.7. The van der Waals surface area contributed by atoms with E-state index in [1.54, 1.807) is 0 Å². The van der Waals surface area contributed by atoms with Crippen molar-refractivity contribution in [2.45, 2.75) is 0 Å². The fraction of sp³-hybridized carbons (Fsp3) is 0.240. The van der Waals surface area contributed by atoms with Gasteiger partial charge in [0.05, 0.1) is 30.4 Å². The van der Waals surface area contributed by atoms with Crippen LogP contribution in [0.15, 0.2) is 53.9 Å². The molecule has 172 valence electrons. The predicted molar refractivity (Wildman–Crippen MR) is 127 cm³/mol. The van der Waals surface area contributed by atoms with Gasteiger partial charge in [-0.05, 0) is 53.9 Å². The monoisotopic (exact) mass is 476 g/mol. The summed E-state index contributed by atoms with van der Waals surface area (Å²) < 4.78 is 32.2. The van der Waals surface area contributed by atoms with E-state index in [4.69, 9.17) is 19.5 Å². The van der Waals surface area contributed by atoms with Crippen molar-refractivity contribution < 1.29 is 18.6 Å². The molecular formula is C25H21FN4O3S. The zero-order valence-electron chi connectivity index (χ0n) is 18.2. The van der Waals surface area contributed by atoms with Crippen LogP contribution in [0, 0.1) is 17.1 Å². The number of fused-ring (bicyclic) bond motifs is 1. The second-order valence-electron chi connectivity index (χ2n) is 7.67. The number of morpholine rings is 1. The van der Waals surface area contributed by atoms with Crippen LogP contribution < -0.4 is 9.47 Å². The highest BCUT2D eigenvalue weighted by Gasteiger charge is 2.15. The number of ether oxygens (including phenoxy) is 3. The van der Waals surface area contributed by atoms with Gasteiger partial charge in [-0.3, -0.25) is 4.90 Å². The normalized spacial score (nSPS) is 14.1. The molecule has 0 spiro atoms. The van der Waals surface area contributed by atoms with Gasteiger partial charge in [0.2, 0.25) is 5.88 Å². The number of nitrogens with zero attached hydrogens (tertiary/aromatic N) is 4. The molecule has 1 fully saturated rings. The largest absolute Gasteiger partial charge is 0.492 e. The van der Waals surface area contributed by atoms with Crippen molar-refractivity contribution in [2.75, 3.05) is 39.5 Å². The van der Waals surface area contributed by atoms with Gasteiger partial charge in [0.25, 0.3) is 0 Å². The molecule has 0 unspecified atom stereocenters. The Balaban J connectivity index is 1.33. The van der Waals surface area contributed by atoms with Crippen molar-refractivity contribution in [3.8, 4) is 34.8 Å². The summed E-state index contributed by atoms with van der Waals surface area (Å²) in [5, 5.41) is 10.8. The molecule has 3 heterocycles. The Morgan fingerprint density at radius 3 is 2.68 bits per heavy atom.